The predicted octanol–water partition coefficient (Wildman–Crippen LogP) is 3.42. The van der Waals surface area contributed by atoms with Crippen molar-refractivity contribution in [1.29, 1.82) is 0 Å². The van der Waals surface area contributed by atoms with Crippen molar-refractivity contribution in [3.8, 4) is 0 Å². The molecule has 1 N–H and O–H groups in total. The van der Waals surface area contributed by atoms with Crippen molar-refractivity contribution in [2.24, 2.45) is 0 Å². The Morgan fingerprint density at radius 1 is 1.25 bits per heavy atom. The van der Waals surface area contributed by atoms with Crippen LogP contribution in [0.25, 0.3) is 10.2 Å². The maximum atomic E-state index is 12.1. The number of hydrogen-bond acceptors (Lipinski definition) is 6. The number of carbonyl (C=O) groups is 1. The van der Waals surface area contributed by atoms with Gasteiger partial charge in [-0.15, -0.1) is 11.3 Å². The molecular weight excluding hydrogens is 340 g/mol. The van der Waals surface area contributed by atoms with Gasteiger partial charge in [-0.2, -0.15) is 0 Å². The van der Waals surface area contributed by atoms with E-state index in [-0.39, 0.29) is 5.91 Å². The summed E-state index contributed by atoms with van der Waals surface area (Å²) >= 11 is 3.13. The number of hydrogen-bond donors (Lipinski definition) is 1. The van der Waals surface area contributed by atoms with E-state index in [1.54, 1.807) is 17.5 Å². The molecule has 3 aromatic heterocycles. The van der Waals surface area contributed by atoms with Crippen LogP contribution in [0.5, 0.6) is 0 Å². The lowest BCUT2D eigenvalue weighted by atomic mass is 10.2. The molecule has 0 radical (unpaired) electrons. The lowest BCUT2D eigenvalue weighted by Crippen LogP contribution is -2.25. The molecule has 0 atom stereocenters. The summed E-state index contributed by atoms with van der Waals surface area (Å²) < 4.78 is 0. The number of rotatable bonds is 5. The molecule has 0 aliphatic heterocycles. The van der Waals surface area contributed by atoms with Crippen LogP contribution in [-0.4, -0.2) is 26.6 Å². The highest BCUT2D eigenvalue weighted by atomic mass is 32.2. The Hall–Kier alpha value is -1.99. The molecule has 0 bridgehead atoms. The Morgan fingerprint density at radius 3 is 2.83 bits per heavy atom. The lowest BCUT2D eigenvalue weighted by molar-refractivity contribution is -0.118. The van der Waals surface area contributed by atoms with Gasteiger partial charge in [-0.25, -0.2) is 9.97 Å². The van der Waals surface area contributed by atoms with E-state index < -0.39 is 0 Å². The van der Waals surface area contributed by atoms with Crippen LogP contribution in [0.4, 0.5) is 0 Å². The zero-order chi connectivity index (χ0) is 17.1. The first kappa shape index (κ1) is 16.9. The largest absolute Gasteiger partial charge is 0.350 e. The number of aryl methyl sites for hydroxylation is 3. The van der Waals surface area contributed by atoms with Crippen LogP contribution in [0.2, 0.25) is 0 Å². The third-order valence-corrected chi connectivity index (χ3v) is 5.72. The Bertz CT molecular complexity index is 877. The number of thioether (sulfide) groups is 1. The van der Waals surface area contributed by atoms with Crippen LogP contribution >= 0.6 is 23.1 Å². The van der Waals surface area contributed by atoms with Gasteiger partial charge in [-0.05, 0) is 38.5 Å². The minimum absolute atomic E-state index is 0.0281. The average Bonchev–Trinajstić information content (AvgIpc) is 2.86. The van der Waals surface area contributed by atoms with Crippen LogP contribution in [0.1, 0.15) is 22.0 Å². The van der Waals surface area contributed by atoms with Gasteiger partial charge in [0.25, 0.3) is 0 Å². The number of aromatic nitrogens is 3. The van der Waals surface area contributed by atoms with Gasteiger partial charge in [-0.1, -0.05) is 17.8 Å². The van der Waals surface area contributed by atoms with Gasteiger partial charge < -0.3 is 5.32 Å². The molecule has 3 heterocycles. The van der Waals surface area contributed by atoms with E-state index in [9.17, 15) is 4.79 Å². The van der Waals surface area contributed by atoms with E-state index in [4.69, 9.17) is 0 Å². The summed E-state index contributed by atoms with van der Waals surface area (Å²) in [5, 5.41) is 4.85. The Labute approximate surface area is 148 Å². The van der Waals surface area contributed by atoms with Crippen LogP contribution in [-0.2, 0) is 11.3 Å². The third-order valence-electron chi connectivity index (χ3n) is 3.64. The fourth-order valence-electron chi connectivity index (χ4n) is 2.30. The van der Waals surface area contributed by atoms with Crippen LogP contribution in [0.15, 0.2) is 29.4 Å². The van der Waals surface area contributed by atoms with E-state index in [0.717, 1.165) is 26.8 Å². The van der Waals surface area contributed by atoms with Crippen molar-refractivity contribution < 1.29 is 4.79 Å². The molecule has 0 saturated carbocycles. The lowest BCUT2D eigenvalue weighted by Gasteiger charge is -2.06. The molecule has 7 heteroatoms. The maximum Gasteiger partial charge on any atom is 0.230 e. The molecule has 0 spiro atoms. The number of fused-ring (bicyclic) bond motifs is 1. The molecule has 0 aliphatic carbocycles. The second-order valence-electron chi connectivity index (χ2n) is 5.43. The molecule has 3 rings (SSSR count). The van der Waals surface area contributed by atoms with Crippen LogP contribution in [0, 0.1) is 20.8 Å². The molecule has 0 unspecified atom stereocenters. The molecule has 24 heavy (non-hydrogen) atoms. The SMILES string of the molecule is Cc1nc(SCC(=O)NCc2ccccn2)c2c(C)c(C)sc2n1. The number of nitrogens with one attached hydrogen (secondary N) is 1. The van der Waals surface area contributed by atoms with Gasteiger partial charge in [0.1, 0.15) is 15.7 Å². The maximum absolute atomic E-state index is 12.1. The van der Waals surface area contributed by atoms with Gasteiger partial charge in [0.05, 0.1) is 18.0 Å². The Balaban J connectivity index is 1.68. The topological polar surface area (TPSA) is 67.8 Å². The first-order valence-corrected chi connectivity index (χ1v) is 9.38. The molecule has 1 amide bonds. The molecule has 0 fully saturated rings. The molecule has 3 aromatic rings. The summed E-state index contributed by atoms with van der Waals surface area (Å²) in [5.41, 5.74) is 2.05. The predicted molar refractivity (Wildman–Crippen MR) is 98.4 cm³/mol. The zero-order valence-electron chi connectivity index (χ0n) is 13.8. The second-order valence-corrected chi connectivity index (χ2v) is 7.59. The zero-order valence-corrected chi connectivity index (χ0v) is 15.4. The smallest absolute Gasteiger partial charge is 0.230 e. The second kappa shape index (κ2) is 7.27. The number of carbonyl (C=O) groups excluding carboxylic acids is 1. The Kier molecular flexibility index (Phi) is 5.11. The highest BCUT2D eigenvalue weighted by Crippen LogP contribution is 2.34. The summed E-state index contributed by atoms with van der Waals surface area (Å²) in [7, 11) is 0. The van der Waals surface area contributed by atoms with E-state index in [2.05, 4.69) is 34.1 Å². The number of pyridine rings is 1. The first-order valence-electron chi connectivity index (χ1n) is 7.58. The fourth-order valence-corrected chi connectivity index (χ4v) is 4.40. The third kappa shape index (κ3) is 3.73. The van der Waals surface area contributed by atoms with Gasteiger partial charge in [-0.3, -0.25) is 9.78 Å². The molecule has 0 aliphatic rings. The van der Waals surface area contributed by atoms with Crippen molar-refractivity contribution in [3.05, 3.63) is 46.4 Å². The van der Waals surface area contributed by atoms with E-state index in [1.165, 1.54) is 22.2 Å². The monoisotopic (exact) mass is 358 g/mol. The van der Waals surface area contributed by atoms with Crippen molar-refractivity contribution in [3.63, 3.8) is 0 Å². The van der Waals surface area contributed by atoms with Gasteiger partial charge in [0.2, 0.25) is 5.91 Å². The highest BCUT2D eigenvalue weighted by Gasteiger charge is 2.15. The molecule has 124 valence electrons. The summed E-state index contributed by atoms with van der Waals surface area (Å²) in [6.45, 7) is 6.49. The van der Waals surface area contributed by atoms with Crippen molar-refractivity contribution in [2.45, 2.75) is 32.3 Å². The quantitative estimate of drug-likeness (QED) is 0.559. The van der Waals surface area contributed by atoms with Crippen molar-refractivity contribution >= 4 is 39.2 Å². The summed E-state index contributed by atoms with van der Waals surface area (Å²) in [4.78, 5) is 27.6. The molecule has 0 saturated heterocycles. The Morgan fingerprint density at radius 2 is 2.08 bits per heavy atom. The van der Waals surface area contributed by atoms with Gasteiger partial charge >= 0.3 is 0 Å². The standard InChI is InChI=1S/C17H18N4OS2/c1-10-11(2)24-17-15(10)16(20-12(3)21-17)23-9-14(22)19-8-13-6-4-5-7-18-13/h4-7H,8-9H2,1-3H3,(H,19,22). The van der Waals surface area contributed by atoms with Crippen LogP contribution < -0.4 is 5.32 Å². The normalized spacial score (nSPS) is 11.0. The van der Waals surface area contributed by atoms with Crippen molar-refractivity contribution in [1.82, 2.24) is 20.3 Å². The first-order chi connectivity index (χ1) is 11.5. The molecule has 0 aromatic carbocycles. The summed E-state index contributed by atoms with van der Waals surface area (Å²) in [6, 6.07) is 5.66. The van der Waals surface area contributed by atoms with E-state index in [0.29, 0.717) is 12.3 Å². The van der Waals surface area contributed by atoms with E-state index in [1.807, 2.05) is 25.1 Å². The summed E-state index contributed by atoms with van der Waals surface area (Å²) in [6.07, 6.45) is 1.72. The van der Waals surface area contributed by atoms with Gasteiger partial charge in [0, 0.05) is 16.5 Å². The summed E-state index contributed by atoms with van der Waals surface area (Å²) in [5.74, 6) is 1.03. The highest BCUT2D eigenvalue weighted by molar-refractivity contribution is 8.00. The van der Waals surface area contributed by atoms with Crippen molar-refractivity contribution in [2.75, 3.05) is 5.75 Å². The molecule has 5 nitrogen and oxygen atoms in total. The number of amides is 1. The average molecular weight is 358 g/mol. The minimum atomic E-state index is -0.0281. The van der Waals surface area contributed by atoms with Gasteiger partial charge in [0.15, 0.2) is 0 Å². The van der Waals surface area contributed by atoms with Crippen LogP contribution in [0.3, 0.4) is 0 Å². The number of thiophene rings is 1. The number of nitrogens with zero attached hydrogens (tertiary/aromatic N) is 3. The molecular formula is C17H18N4OS2. The fraction of sp³-hybridized carbons (Fsp3) is 0.294. The minimum Gasteiger partial charge on any atom is -0.350 e. The van der Waals surface area contributed by atoms with E-state index >= 15 is 0 Å².